The van der Waals surface area contributed by atoms with Crippen LogP contribution < -0.4 is 5.32 Å². The number of ether oxygens (including phenoxy) is 1. The third kappa shape index (κ3) is 5.60. The van der Waals surface area contributed by atoms with Crippen molar-refractivity contribution in [1.82, 2.24) is 0 Å². The molecule has 6 nitrogen and oxygen atoms in total. The lowest BCUT2D eigenvalue weighted by atomic mass is 10.0. The van der Waals surface area contributed by atoms with Crippen LogP contribution in [0.15, 0.2) is 86.6 Å². The average Bonchev–Trinajstić information content (AvgIpc) is 3.51. The molecule has 0 bridgehead atoms. The highest BCUT2D eigenvalue weighted by Gasteiger charge is 2.24. The molecule has 0 saturated heterocycles. The summed E-state index contributed by atoms with van der Waals surface area (Å²) in [6, 6.07) is 22.3. The number of carbonyl (C=O) groups excluding carboxylic acids is 2. The van der Waals surface area contributed by atoms with Gasteiger partial charge in [0.15, 0.2) is 0 Å². The summed E-state index contributed by atoms with van der Waals surface area (Å²) in [6.07, 6.45) is 1.37. The molecular weight excluding hydrogens is 528 g/mol. The molecule has 2 aromatic carbocycles. The summed E-state index contributed by atoms with van der Waals surface area (Å²) in [4.78, 5) is 25.7. The van der Waals surface area contributed by atoms with E-state index in [1.165, 1.54) is 17.4 Å². The molecule has 0 aliphatic rings. The van der Waals surface area contributed by atoms with Gasteiger partial charge in [0.1, 0.15) is 33.7 Å². The molecule has 1 amide bonds. The molecule has 0 aliphatic heterocycles. The Balaban J connectivity index is 1.62. The van der Waals surface area contributed by atoms with Crippen molar-refractivity contribution in [1.29, 1.82) is 5.26 Å². The van der Waals surface area contributed by atoms with Crippen molar-refractivity contribution in [3.63, 3.8) is 0 Å². The van der Waals surface area contributed by atoms with E-state index >= 15 is 0 Å². The van der Waals surface area contributed by atoms with Crippen LogP contribution >= 0.6 is 27.3 Å². The lowest BCUT2D eigenvalue weighted by Gasteiger charge is -2.08. The second kappa shape index (κ2) is 11.0. The number of nitrogens with zero attached hydrogens (tertiary/aromatic N) is 1. The summed E-state index contributed by atoms with van der Waals surface area (Å²) in [5.41, 5.74) is 2.40. The van der Waals surface area contributed by atoms with Crippen LogP contribution in [0, 0.1) is 11.3 Å². The van der Waals surface area contributed by atoms with Gasteiger partial charge in [0.05, 0.1) is 6.61 Å². The maximum atomic E-state index is 13.0. The number of anilines is 1. The van der Waals surface area contributed by atoms with Gasteiger partial charge in [0.2, 0.25) is 0 Å². The lowest BCUT2D eigenvalue weighted by molar-refractivity contribution is -0.112. The topological polar surface area (TPSA) is 92.3 Å². The second-order valence-electron chi connectivity index (χ2n) is 7.27. The van der Waals surface area contributed by atoms with E-state index in [1.54, 1.807) is 24.4 Å². The van der Waals surface area contributed by atoms with Crippen LogP contribution in [-0.4, -0.2) is 18.5 Å². The van der Waals surface area contributed by atoms with Crippen LogP contribution in [-0.2, 0) is 9.53 Å². The van der Waals surface area contributed by atoms with Crippen molar-refractivity contribution >= 4 is 50.2 Å². The summed E-state index contributed by atoms with van der Waals surface area (Å²) in [5.74, 6) is -0.220. The Morgan fingerprint density at radius 2 is 1.83 bits per heavy atom. The minimum Gasteiger partial charge on any atom is -0.462 e. The van der Waals surface area contributed by atoms with E-state index < -0.39 is 11.9 Å². The number of hydrogen-bond acceptors (Lipinski definition) is 6. The zero-order valence-corrected chi connectivity index (χ0v) is 21.0. The van der Waals surface area contributed by atoms with E-state index in [4.69, 9.17) is 9.15 Å². The maximum Gasteiger partial charge on any atom is 0.341 e. The van der Waals surface area contributed by atoms with Gasteiger partial charge in [-0.1, -0.05) is 58.4 Å². The number of rotatable bonds is 7. The lowest BCUT2D eigenvalue weighted by Crippen LogP contribution is -2.16. The molecule has 2 heterocycles. The van der Waals surface area contributed by atoms with Crippen LogP contribution in [0.5, 0.6) is 0 Å². The third-order valence-electron chi connectivity index (χ3n) is 4.99. The fourth-order valence-electron chi connectivity index (χ4n) is 3.35. The van der Waals surface area contributed by atoms with Crippen molar-refractivity contribution in [2.75, 3.05) is 11.9 Å². The molecular formula is C27H19BrN2O4S. The largest absolute Gasteiger partial charge is 0.462 e. The highest BCUT2D eigenvalue weighted by atomic mass is 79.9. The van der Waals surface area contributed by atoms with Gasteiger partial charge in [0.25, 0.3) is 5.91 Å². The molecule has 0 atom stereocenters. The Morgan fingerprint density at radius 1 is 1.09 bits per heavy atom. The first-order valence-corrected chi connectivity index (χ1v) is 12.3. The minimum absolute atomic E-state index is 0.160. The minimum atomic E-state index is -0.653. The number of esters is 1. The van der Waals surface area contributed by atoms with E-state index in [1.807, 2.05) is 60.7 Å². The smallest absolute Gasteiger partial charge is 0.341 e. The van der Waals surface area contributed by atoms with Crippen molar-refractivity contribution in [2.45, 2.75) is 6.92 Å². The van der Waals surface area contributed by atoms with Gasteiger partial charge < -0.3 is 14.5 Å². The summed E-state index contributed by atoms with van der Waals surface area (Å²) < 4.78 is 11.9. The number of amides is 1. The monoisotopic (exact) mass is 546 g/mol. The zero-order chi connectivity index (χ0) is 24.8. The number of furan rings is 1. The Labute approximate surface area is 214 Å². The number of carbonyl (C=O) groups is 2. The van der Waals surface area contributed by atoms with Crippen molar-refractivity contribution in [2.24, 2.45) is 0 Å². The molecule has 0 fully saturated rings. The molecule has 8 heteroatoms. The standard InChI is InChI=1S/C27H19BrN2O4S/c1-2-33-27(32)24-22(17-8-10-20(28)11-9-17)16-35-26(24)30-25(31)19(15-29)14-21-12-13-23(34-21)18-6-4-3-5-7-18/h3-14,16H,2H2,1H3,(H,30,31). The summed E-state index contributed by atoms with van der Waals surface area (Å²) >= 11 is 4.59. The fourth-order valence-corrected chi connectivity index (χ4v) is 4.56. The zero-order valence-electron chi connectivity index (χ0n) is 18.6. The predicted octanol–water partition coefficient (Wildman–Crippen LogP) is 7.16. The molecule has 2 aromatic heterocycles. The molecule has 0 radical (unpaired) electrons. The molecule has 0 unspecified atom stereocenters. The van der Waals surface area contributed by atoms with E-state index in [-0.39, 0.29) is 17.7 Å². The third-order valence-corrected chi connectivity index (χ3v) is 6.41. The van der Waals surface area contributed by atoms with Gasteiger partial charge in [-0.15, -0.1) is 11.3 Å². The molecule has 0 saturated carbocycles. The quantitative estimate of drug-likeness (QED) is 0.151. The first kappa shape index (κ1) is 24.2. The molecule has 1 N–H and O–H groups in total. The van der Waals surface area contributed by atoms with Gasteiger partial charge in [0, 0.05) is 27.1 Å². The van der Waals surface area contributed by atoms with Crippen molar-refractivity contribution < 1.29 is 18.7 Å². The Morgan fingerprint density at radius 3 is 2.51 bits per heavy atom. The number of benzene rings is 2. The van der Waals surface area contributed by atoms with Crippen LogP contribution in [0.25, 0.3) is 28.5 Å². The second-order valence-corrected chi connectivity index (χ2v) is 9.07. The van der Waals surface area contributed by atoms with Gasteiger partial charge in [-0.05, 0) is 36.8 Å². The van der Waals surface area contributed by atoms with Crippen LogP contribution in [0.4, 0.5) is 5.00 Å². The van der Waals surface area contributed by atoms with E-state index in [2.05, 4.69) is 21.2 Å². The number of nitrogens with one attached hydrogen (secondary N) is 1. The molecule has 0 spiro atoms. The first-order valence-electron chi connectivity index (χ1n) is 10.6. The number of halogens is 1. The SMILES string of the molecule is CCOC(=O)c1c(-c2ccc(Br)cc2)csc1NC(=O)C(C#N)=Cc1ccc(-c2ccccc2)o1. The van der Waals surface area contributed by atoms with Gasteiger partial charge in [-0.2, -0.15) is 5.26 Å². The number of thiophene rings is 1. The number of hydrogen-bond donors (Lipinski definition) is 1. The van der Waals surface area contributed by atoms with Crippen molar-refractivity contribution in [3.05, 3.63) is 93.5 Å². The van der Waals surface area contributed by atoms with Crippen LogP contribution in [0.3, 0.4) is 0 Å². The molecule has 4 aromatic rings. The average molecular weight is 547 g/mol. The normalized spacial score (nSPS) is 11.1. The molecule has 0 aliphatic carbocycles. The summed E-state index contributed by atoms with van der Waals surface area (Å²) in [7, 11) is 0. The fraction of sp³-hybridized carbons (Fsp3) is 0.0741. The maximum absolute atomic E-state index is 13.0. The van der Waals surface area contributed by atoms with Gasteiger partial charge >= 0.3 is 5.97 Å². The predicted molar refractivity (Wildman–Crippen MR) is 140 cm³/mol. The van der Waals surface area contributed by atoms with E-state index in [9.17, 15) is 14.9 Å². The highest BCUT2D eigenvalue weighted by Crippen LogP contribution is 2.37. The summed E-state index contributed by atoms with van der Waals surface area (Å²) in [5, 5.41) is 14.4. The Kier molecular flexibility index (Phi) is 7.60. The van der Waals surface area contributed by atoms with E-state index in [0.29, 0.717) is 22.1 Å². The van der Waals surface area contributed by atoms with Crippen molar-refractivity contribution in [3.8, 4) is 28.5 Å². The van der Waals surface area contributed by atoms with E-state index in [0.717, 1.165) is 15.6 Å². The molecule has 4 rings (SSSR count). The van der Waals surface area contributed by atoms with Crippen LogP contribution in [0.1, 0.15) is 23.0 Å². The Bertz CT molecular complexity index is 1430. The summed E-state index contributed by atoms with van der Waals surface area (Å²) in [6.45, 7) is 1.90. The highest BCUT2D eigenvalue weighted by molar-refractivity contribution is 9.10. The van der Waals surface area contributed by atoms with Crippen LogP contribution in [0.2, 0.25) is 0 Å². The Hall–Kier alpha value is -3.93. The van der Waals surface area contributed by atoms with Gasteiger partial charge in [-0.25, -0.2) is 4.79 Å². The molecule has 174 valence electrons. The first-order chi connectivity index (χ1) is 17.0. The van der Waals surface area contributed by atoms with Gasteiger partial charge in [-0.3, -0.25) is 4.79 Å². The number of nitriles is 1. The molecule has 35 heavy (non-hydrogen) atoms.